The number of carboxylic acid groups (broad SMARTS) is 1. The predicted molar refractivity (Wildman–Crippen MR) is 140 cm³/mol. The first-order chi connectivity index (χ1) is 17.0. The summed E-state index contributed by atoms with van der Waals surface area (Å²) >= 11 is 0. The quantitative estimate of drug-likeness (QED) is 0.549. The summed E-state index contributed by atoms with van der Waals surface area (Å²) in [6, 6.07) is 5.25. The number of hydrogen-bond acceptors (Lipinski definition) is 4. The highest BCUT2D eigenvalue weighted by Gasteiger charge is 2.31. The van der Waals surface area contributed by atoms with Crippen molar-refractivity contribution in [2.24, 2.45) is 0 Å². The number of fused-ring (bicyclic) bond motifs is 1. The largest absolute Gasteiger partial charge is 0.465 e. The second-order valence-electron chi connectivity index (χ2n) is 10.9. The third-order valence-electron chi connectivity index (χ3n) is 8.61. The summed E-state index contributed by atoms with van der Waals surface area (Å²) in [6.07, 6.45) is 10.7. The summed E-state index contributed by atoms with van der Waals surface area (Å²) in [5, 5.41) is 13.3. The van der Waals surface area contributed by atoms with Crippen LogP contribution in [0, 0.1) is 0 Å². The van der Waals surface area contributed by atoms with Gasteiger partial charge in [0.2, 0.25) is 0 Å². The van der Waals surface area contributed by atoms with Crippen LogP contribution in [0.3, 0.4) is 0 Å². The first kappa shape index (κ1) is 24.3. The molecule has 35 heavy (non-hydrogen) atoms. The van der Waals surface area contributed by atoms with Gasteiger partial charge in [0, 0.05) is 49.0 Å². The van der Waals surface area contributed by atoms with Crippen LogP contribution in [-0.2, 0) is 13.1 Å². The molecule has 1 amide bonds. The molecular weight excluding hydrogens is 438 g/mol. The van der Waals surface area contributed by atoms with Gasteiger partial charge in [-0.05, 0) is 96.0 Å². The number of rotatable bonds is 6. The number of nitrogens with zero attached hydrogens (tertiary/aromatic N) is 4. The van der Waals surface area contributed by atoms with Crippen LogP contribution >= 0.6 is 0 Å². The minimum absolute atomic E-state index is 0.336. The van der Waals surface area contributed by atoms with Gasteiger partial charge in [0.15, 0.2) is 0 Å². The summed E-state index contributed by atoms with van der Waals surface area (Å²) in [4.78, 5) is 21.5. The summed E-state index contributed by atoms with van der Waals surface area (Å²) < 4.78 is 2.40. The Kier molecular flexibility index (Phi) is 7.44. The van der Waals surface area contributed by atoms with E-state index in [2.05, 4.69) is 39.6 Å². The number of amides is 1. The van der Waals surface area contributed by atoms with Crippen molar-refractivity contribution in [1.82, 2.24) is 24.7 Å². The zero-order chi connectivity index (χ0) is 24.4. The van der Waals surface area contributed by atoms with E-state index in [1.807, 2.05) is 12.3 Å². The molecule has 7 nitrogen and oxygen atoms in total. The second kappa shape index (κ2) is 10.7. The molecule has 2 aromatic heterocycles. The van der Waals surface area contributed by atoms with Crippen LogP contribution in [0.4, 0.5) is 4.79 Å². The molecule has 2 N–H and O–H groups in total. The molecule has 5 rings (SSSR count). The highest BCUT2D eigenvalue weighted by atomic mass is 16.4. The van der Waals surface area contributed by atoms with E-state index in [-0.39, 0.29) is 0 Å². The Morgan fingerprint density at radius 2 is 1.77 bits per heavy atom. The zero-order valence-corrected chi connectivity index (χ0v) is 21.4. The SMILES string of the molecule is CC(C)=C1CCC(N2CCC(n3c(CNC(=O)O)c(CN4CCCC4)c4cccnc43)CC2)CC1. The number of piperidine rings is 1. The van der Waals surface area contributed by atoms with Crippen molar-refractivity contribution >= 4 is 17.1 Å². The molecule has 0 radical (unpaired) electrons. The van der Waals surface area contributed by atoms with Crippen LogP contribution in [0.1, 0.15) is 82.5 Å². The average Bonchev–Trinajstić information content (AvgIpc) is 3.49. The van der Waals surface area contributed by atoms with Crippen LogP contribution in [0.5, 0.6) is 0 Å². The summed E-state index contributed by atoms with van der Waals surface area (Å²) in [5.74, 6) is 0. The normalized spacial score (nSPS) is 22.7. The van der Waals surface area contributed by atoms with Crippen molar-refractivity contribution in [1.29, 1.82) is 0 Å². The molecule has 0 spiro atoms. The highest BCUT2D eigenvalue weighted by Crippen LogP contribution is 2.36. The van der Waals surface area contributed by atoms with Gasteiger partial charge in [0.05, 0.1) is 6.54 Å². The Morgan fingerprint density at radius 3 is 2.43 bits per heavy atom. The molecule has 190 valence electrons. The minimum atomic E-state index is -0.968. The Labute approximate surface area is 209 Å². The van der Waals surface area contributed by atoms with Gasteiger partial charge >= 0.3 is 6.09 Å². The van der Waals surface area contributed by atoms with Crippen molar-refractivity contribution in [3.63, 3.8) is 0 Å². The standard InChI is InChI=1S/C28H41N5O2/c1-20(2)21-7-9-22(10-8-21)32-16-11-23(12-17-32)33-26(18-30-28(34)35)25(19-31-14-3-4-15-31)24-6-5-13-29-27(24)33/h5-6,13,22-23,30H,3-4,7-12,14-19H2,1-2H3,(H,34,35). The molecule has 3 fully saturated rings. The fourth-order valence-electron chi connectivity index (χ4n) is 6.66. The van der Waals surface area contributed by atoms with Gasteiger partial charge < -0.3 is 19.9 Å². The summed E-state index contributed by atoms with van der Waals surface area (Å²) in [5.41, 5.74) is 6.57. The molecule has 2 aliphatic heterocycles. The lowest BCUT2D eigenvalue weighted by atomic mass is 9.86. The van der Waals surface area contributed by atoms with Crippen LogP contribution in [0.2, 0.25) is 0 Å². The first-order valence-corrected chi connectivity index (χ1v) is 13.6. The van der Waals surface area contributed by atoms with Crippen molar-refractivity contribution < 1.29 is 9.90 Å². The number of likely N-dealkylation sites (tertiary alicyclic amines) is 2. The third kappa shape index (κ3) is 5.26. The average molecular weight is 480 g/mol. The maximum absolute atomic E-state index is 11.5. The van der Waals surface area contributed by atoms with E-state index in [4.69, 9.17) is 4.98 Å². The van der Waals surface area contributed by atoms with E-state index in [1.54, 1.807) is 5.57 Å². The van der Waals surface area contributed by atoms with E-state index in [1.165, 1.54) is 55.0 Å². The smallest absolute Gasteiger partial charge is 0.404 e. The number of allylic oxidation sites excluding steroid dienone is 2. The van der Waals surface area contributed by atoms with E-state index in [0.717, 1.165) is 56.9 Å². The molecule has 0 unspecified atom stereocenters. The lowest BCUT2D eigenvalue weighted by molar-refractivity contribution is 0.116. The maximum Gasteiger partial charge on any atom is 0.404 e. The van der Waals surface area contributed by atoms with E-state index >= 15 is 0 Å². The molecule has 2 aromatic rings. The molecular formula is C28H41N5O2. The number of hydrogen-bond donors (Lipinski definition) is 2. The topological polar surface area (TPSA) is 73.6 Å². The fourth-order valence-corrected chi connectivity index (χ4v) is 6.66. The van der Waals surface area contributed by atoms with Gasteiger partial charge in [0.1, 0.15) is 5.65 Å². The Hall–Kier alpha value is -2.38. The molecule has 1 saturated carbocycles. The number of pyridine rings is 1. The number of carbonyl (C=O) groups is 1. The third-order valence-corrected chi connectivity index (χ3v) is 8.61. The minimum Gasteiger partial charge on any atom is -0.465 e. The van der Waals surface area contributed by atoms with Gasteiger partial charge in [0.25, 0.3) is 0 Å². The van der Waals surface area contributed by atoms with E-state index in [9.17, 15) is 9.90 Å². The summed E-state index contributed by atoms with van der Waals surface area (Å²) in [7, 11) is 0. The monoisotopic (exact) mass is 479 g/mol. The zero-order valence-electron chi connectivity index (χ0n) is 21.4. The first-order valence-electron chi connectivity index (χ1n) is 13.6. The van der Waals surface area contributed by atoms with Gasteiger partial charge in [-0.2, -0.15) is 0 Å². The number of nitrogens with one attached hydrogen (secondary N) is 1. The van der Waals surface area contributed by atoms with Crippen molar-refractivity contribution in [3.05, 3.63) is 40.7 Å². The van der Waals surface area contributed by atoms with Crippen molar-refractivity contribution in [3.8, 4) is 0 Å². The fraction of sp³-hybridized carbons (Fsp3) is 0.643. The van der Waals surface area contributed by atoms with Crippen LogP contribution < -0.4 is 5.32 Å². The molecule has 2 saturated heterocycles. The van der Waals surface area contributed by atoms with E-state index < -0.39 is 6.09 Å². The Morgan fingerprint density at radius 1 is 1.06 bits per heavy atom. The second-order valence-corrected chi connectivity index (χ2v) is 10.9. The molecule has 0 bridgehead atoms. The summed E-state index contributed by atoms with van der Waals surface area (Å²) in [6.45, 7) is 10.2. The van der Waals surface area contributed by atoms with Crippen LogP contribution in [0.25, 0.3) is 11.0 Å². The predicted octanol–water partition coefficient (Wildman–Crippen LogP) is 5.32. The molecule has 7 heteroatoms. The van der Waals surface area contributed by atoms with Gasteiger partial charge in [-0.15, -0.1) is 0 Å². The molecule has 0 atom stereocenters. The van der Waals surface area contributed by atoms with Gasteiger partial charge in [-0.3, -0.25) is 4.90 Å². The number of aromatic nitrogens is 2. The molecule has 1 aliphatic carbocycles. The molecule has 0 aromatic carbocycles. The molecule has 4 heterocycles. The lowest BCUT2D eigenvalue weighted by Gasteiger charge is -2.40. The maximum atomic E-state index is 11.5. The van der Waals surface area contributed by atoms with E-state index in [0.29, 0.717) is 18.6 Å². The van der Waals surface area contributed by atoms with Crippen molar-refractivity contribution in [2.45, 2.75) is 90.4 Å². The van der Waals surface area contributed by atoms with Crippen molar-refractivity contribution in [2.75, 3.05) is 26.2 Å². The van der Waals surface area contributed by atoms with Crippen LogP contribution in [0.15, 0.2) is 29.5 Å². The lowest BCUT2D eigenvalue weighted by Crippen LogP contribution is -2.43. The molecule has 3 aliphatic rings. The van der Waals surface area contributed by atoms with Gasteiger partial charge in [-0.1, -0.05) is 11.1 Å². The Bertz CT molecular complexity index is 1060. The van der Waals surface area contributed by atoms with Gasteiger partial charge in [-0.25, -0.2) is 9.78 Å². The highest BCUT2D eigenvalue weighted by molar-refractivity contribution is 5.82. The van der Waals surface area contributed by atoms with Crippen LogP contribution in [-0.4, -0.2) is 62.8 Å². The Balaban J connectivity index is 1.38.